The third-order valence-electron chi connectivity index (χ3n) is 7.68. The molecule has 5 nitrogen and oxygen atoms in total. The van der Waals surface area contributed by atoms with E-state index >= 15 is 0 Å². The summed E-state index contributed by atoms with van der Waals surface area (Å²) >= 11 is 6.21. The average molecular weight is 474 g/mol. The molecular weight excluding hydrogens is 446 g/mol. The molecule has 6 heteroatoms. The van der Waals surface area contributed by atoms with Crippen molar-refractivity contribution < 1.29 is 9.53 Å². The van der Waals surface area contributed by atoms with Crippen LogP contribution in [-0.4, -0.2) is 27.9 Å². The van der Waals surface area contributed by atoms with E-state index in [-0.39, 0.29) is 28.9 Å². The number of carbonyl (C=O) groups is 1. The SMILES string of the molecule is CC1(C)[C@H](Oc2ccc(C#N)c(Cl)c2)C(C)(C)[C@H]1N1Cc2nc(C#CC3CCC3)ccc2C1=O. The fourth-order valence-corrected chi connectivity index (χ4v) is 6.44. The Hall–Kier alpha value is -3.02. The summed E-state index contributed by atoms with van der Waals surface area (Å²) in [7, 11) is 0. The van der Waals surface area contributed by atoms with Crippen molar-refractivity contribution in [2.45, 2.75) is 65.6 Å². The number of nitrogens with zero attached hydrogens (tertiary/aromatic N) is 3. The first-order valence-corrected chi connectivity index (χ1v) is 12.2. The molecule has 1 aliphatic heterocycles. The lowest BCUT2D eigenvalue weighted by atomic mass is 9.49. The summed E-state index contributed by atoms with van der Waals surface area (Å²) in [5.41, 5.74) is 2.04. The molecule has 0 radical (unpaired) electrons. The minimum Gasteiger partial charge on any atom is -0.489 e. The van der Waals surface area contributed by atoms with Crippen LogP contribution in [0.5, 0.6) is 5.75 Å². The third kappa shape index (κ3) is 3.55. The van der Waals surface area contributed by atoms with Gasteiger partial charge in [0.1, 0.15) is 23.6 Å². The average Bonchev–Trinajstić information content (AvgIpc) is 3.05. The number of aromatic nitrogens is 1. The van der Waals surface area contributed by atoms with Crippen molar-refractivity contribution in [3.63, 3.8) is 0 Å². The van der Waals surface area contributed by atoms with Gasteiger partial charge < -0.3 is 9.64 Å². The highest BCUT2D eigenvalue weighted by atomic mass is 35.5. The van der Waals surface area contributed by atoms with Crippen LogP contribution in [0.15, 0.2) is 30.3 Å². The number of carbonyl (C=O) groups excluding carboxylic acids is 1. The second kappa shape index (κ2) is 8.03. The van der Waals surface area contributed by atoms with Crippen molar-refractivity contribution in [3.8, 4) is 23.7 Å². The molecule has 1 aromatic heterocycles. The number of pyridine rings is 1. The zero-order valence-corrected chi connectivity index (χ0v) is 20.7. The molecule has 2 aromatic rings. The van der Waals surface area contributed by atoms with Gasteiger partial charge in [-0.05, 0) is 43.0 Å². The highest BCUT2D eigenvalue weighted by molar-refractivity contribution is 6.31. The Labute approximate surface area is 206 Å². The highest BCUT2D eigenvalue weighted by Crippen LogP contribution is 2.59. The number of fused-ring (bicyclic) bond motifs is 1. The Morgan fingerprint density at radius 3 is 2.50 bits per heavy atom. The number of hydrogen-bond acceptors (Lipinski definition) is 4. The molecule has 1 aromatic carbocycles. The standard InChI is InChI=1S/C28H28ClN3O2/c1-27(2)25(28(3,4)26(27)34-20-12-9-18(15-30)22(29)14-20)32-16-23-21(24(32)33)13-11-19(31-23)10-8-17-6-5-7-17/h9,11-14,17,25-26H,5-7,16H2,1-4H3/t25-,26-. The van der Waals surface area contributed by atoms with Crippen molar-refractivity contribution in [1.29, 1.82) is 5.26 Å². The maximum absolute atomic E-state index is 13.4. The topological polar surface area (TPSA) is 66.2 Å². The van der Waals surface area contributed by atoms with E-state index in [9.17, 15) is 4.79 Å². The van der Waals surface area contributed by atoms with E-state index < -0.39 is 0 Å². The first-order chi connectivity index (χ1) is 16.1. The highest BCUT2D eigenvalue weighted by Gasteiger charge is 2.67. The summed E-state index contributed by atoms with van der Waals surface area (Å²) < 4.78 is 6.39. The maximum atomic E-state index is 13.4. The van der Waals surface area contributed by atoms with Gasteiger partial charge in [0.25, 0.3) is 5.91 Å². The predicted octanol–water partition coefficient (Wildman–Crippen LogP) is 5.60. The van der Waals surface area contributed by atoms with E-state index in [4.69, 9.17) is 26.6 Å². The molecule has 2 saturated carbocycles. The maximum Gasteiger partial charge on any atom is 0.256 e. The van der Waals surface area contributed by atoms with Gasteiger partial charge in [0, 0.05) is 28.9 Å². The Morgan fingerprint density at radius 1 is 1.15 bits per heavy atom. The molecule has 0 unspecified atom stereocenters. The second-order valence-electron chi connectivity index (χ2n) is 10.8. The molecule has 3 aliphatic rings. The van der Waals surface area contributed by atoms with Crippen LogP contribution in [0.25, 0.3) is 0 Å². The van der Waals surface area contributed by atoms with Crippen LogP contribution in [0.4, 0.5) is 0 Å². The number of halogens is 1. The Kier molecular flexibility index (Phi) is 5.38. The molecule has 2 fully saturated rings. The third-order valence-corrected chi connectivity index (χ3v) is 8.00. The van der Waals surface area contributed by atoms with Gasteiger partial charge in [-0.1, -0.05) is 51.6 Å². The minimum atomic E-state index is -0.297. The molecule has 174 valence electrons. The van der Waals surface area contributed by atoms with Gasteiger partial charge in [-0.2, -0.15) is 5.26 Å². The molecule has 0 bridgehead atoms. The molecule has 0 N–H and O–H groups in total. The fourth-order valence-electron chi connectivity index (χ4n) is 6.22. The lowest BCUT2D eigenvalue weighted by Crippen LogP contribution is -2.74. The van der Waals surface area contributed by atoms with Crippen molar-refractivity contribution in [2.75, 3.05) is 0 Å². The van der Waals surface area contributed by atoms with Crippen molar-refractivity contribution in [2.24, 2.45) is 16.7 Å². The van der Waals surface area contributed by atoms with Crippen LogP contribution in [0, 0.1) is 39.9 Å². The Bertz CT molecular complexity index is 1260. The summed E-state index contributed by atoms with van der Waals surface area (Å²) in [6.07, 6.45) is 3.47. The largest absolute Gasteiger partial charge is 0.489 e. The van der Waals surface area contributed by atoms with Gasteiger partial charge in [-0.25, -0.2) is 4.98 Å². The summed E-state index contributed by atoms with van der Waals surface area (Å²) in [6, 6.07) is 10.9. The number of ether oxygens (including phenoxy) is 1. The molecule has 0 atom stereocenters. The van der Waals surface area contributed by atoms with Crippen LogP contribution in [0.3, 0.4) is 0 Å². The fraction of sp³-hybridized carbons (Fsp3) is 0.464. The van der Waals surface area contributed by atoms with Gasteiger partial charge in [0.05, 0.1) is 28.4 Å². The number of benzene rings is 1. The molecule has 5 rings (SSSR count). The van der Waals surface area contributed by atoms with Crippen molar-refractivity contribution in [3.05, 3.63) is 57.9 Å². The second-order valence-corrected chi connectivity index (χ2v) is 11.2. The van der Waals surface area contributed by atoms with E-state index in [1.807, 2.05) is 17.0 Å². The summed E-state index contributed by atoms with van der Waals surface area (Å²) in [5.74, 6) is 7.65. The van der Waals surface area contributed by atoms with Gasteiger partial charge in [-0.15, -0.1) is 0 Å². The molecule has 1 amide bonds. The van der Waals surface area contributed by atoms with Gasteiger partial charge in [0.15, 0.2) is 0 Å². The smallest absolute Gasteiger partial charge is 0.256 e. The van der Waals surface area contributed by atoms with Crippen LogP contribution < -0.4 is 4.74 Å². The molecule has 2 heterocycles. The number of nitriles is 1. The quantitative estimate of drug-likeness (QED) is 0.544. The molecule has 2 aliphatic carbocycles. The van der Waals surface area contributed by atoms with E-state index in [1.165, 1.54) is 19.3 Å². The lowest BCUT2D eigenvalue weighted by Gasteiger charge is -2.65. The number of rotatable bonds is 3. The van der Waals surface area contributed by atoms with E-state index in [0.717, 1.165) is 11.4 Å². The number of amides is 1. The normalized spacial score (nSPS) is 24.2. The van der Waals surface area contributed by atoms with Gasteiger partial charge >= 0.3 is 0 Å². The minimum absolute atomic E-state index is 0.0204. The van der Waals surface area contributed by atoms with Crippen LogP contribution >= 0.6 is 11.6 Å². The van der Waals surface area contributed by atoms with E-state index in [1.54, 1.807) is 18.2 Å². The molecule has 0 saturated heterocycles. The van der Waals surface area contributed by atoms with Crippen LogP contribution in [0.1, 0.15) is 74.3 Å². The van der Waals surface area contributed by atoms with Gasteiger partial charge in [-0.3, -0.25) is 4.79 Å². The Morgan fingerprint density at radius 2 is 1.88 bits per heavy atom. The zero-order chi connectivity index (χ0) is 24.3. The predicted molar refractivity (Wildman–Crippen MR) is 130 cm³/mol. The molecule has 0 spiro atoms. The molecule has 34 heavy (non-hydrogen) atoms. The van der Waals surface area contributed by atoms with Crippen LogP contribution in [-0.2, 0) is 6.54 Å². The van der Waals surface area contributed by atoms with E-state index in [2.05, 4.69) is 45.6 Å². The molecular formula is C28H28ClN3O2. The lowest BCUT2D eigenvalue weighted by molar-refractivity contribution is -0.199. The summed E-state index contributed by atoms with van der Waals surface area (Å²) in [4.78, 5) is 20.1. The van der Waals surface area contributed by atoms with Gasteiger partial charge in [0.2, 0.25) is 0 Å². The monoisotopic (exact) mass is 473 g/mol. The van der Waals surface area contributed by atoms with Crippen LogP contribution in [0.2, 0.25) is 5.02 Å². The zero-order valence-electron chi connectivity index (χ0n) is 20.0. The summed E-state index contributed by atoms with van der Waals surface area (Å²) in [6.45, 7) is 9.03. The first-order valence-electron chi connectivity index (χ1n) is 11.8. The Balaban J connectivity index is 1.36. The van der Waals surface area contributed by atoms with E-state index in [0.29, 0.717) is 34.4 Å². The number of hydrogen-bond donors (Lipinski definition) is 0. The first kappa shape index (κ1) is 22.8. The van der Waals surface area contributed by atoms with Crippen molar-refractivity contribution >= 4 is 17.5 Å². The summed E-state index contributed by atoms with van der Waals surface area (Å²) in [5, 5.41) is 9.50. The van der Waals surface area contributed by atoms with Crippen molar-refractivity contribution in [1.82, 2.24) is 9.88 Å².